The maximum atomic E-state index is 10.9. The van der Waals surface area contributed by atoms with Gasteiger partial charge < -0.3 is 10.0 Å². The molecule has 4 nitrogen and oxygen atoms in total. The Morgan fingerprint density at radius 3 is 2.89 bits per heavy atom. The number of hydrogen-bond donors (Lipinski definition) is 1. The average Bonchev–Trinajstić information content (AvgIpc) is 2.38. The predicted molar refractivity (Wildman–Crippen MR) is 72.8 cm³/mol. The Labute approximate surface area is 111 Å². The average molecular weight is 264 g/mol. The SMILES string of the molecule is CSc1cccc(N(CC#N)CC(C)C(=O)O)c1. The molecule has 0 spiro atoms. The van der Waals surface area contributed by atoms with Crippen molar-refractivity contribution in [2.75, 3.05) is 24.2 Å². The van der Waals surface area contributed by atoms with Crippen molar-refractivity contribution < 1.29 is 9.90 Å². The lowest BCUT2D eigenvalue weighted by Gasteiger charge is -2.24. The van der Waals surface area contributed by atoms with E-state index in [1.807, 2.05) is 30.5 Å². The van der Waals surface area contributed by atoms with Crippen molar-refractivity contribution in [1.29, 1.82) is 5.26 Å². The van der Waals surface area contributed by atoms with Crippen molar-refractivity contribution >= 4 is 23.4 Å². The second kappa shape index (κ2) is 6.92. The molecule has 1 rings (SSSR count). The number of nitrogens with zero attached hydrogens (tertiary/aromatic N) is 2. The first-order chi connectivity index (χ1) is 8.58. The van der Waals surface area contributed by atoms with E-state index in [0.29, 0.717) is 6.54 Å². The second-order valence-corrected chi connectivity index (χ2v) is 4.86. The Hall–Kier alpha value is -1.67. The summed E-state index contributed by atoms with van der Waals surface area (Å²) < 4.78 is 0. The highest BCUT2D eigenvalue weighted by atomic mass is 32.2. The van der Waals surface area contributed by atoms with Gasteiger partial charge in [0.2, 0.25) is 0 Å². The Kier molecular flexibility index (Phi) is 5.53. The van der Waals surface area contributed by atoms with Crippen LogP contribution < -0.4 is 4.90 Å². The van der Waals surface area contributed by atoms with Crippen LogP contribution >= 0.6 is 11.8 Å². The number of aliphatic carboxylic acids is 1. The number of rotatable bonds is 6. The van der Waals surface area contributed by atoms with Gasteiger partial charge in [0, 0.05) is 17.1 Å². The van der Waals surface area contributed by atoms with Gasteiger partial charge >= 0.3 is 5.97 Å². The molecular formula is C13H16N2O2S. The summed E-state index contributed by atoms with van der Waals surface area (Å²) in [5.41, 5.74) is 0.886. The van der Waals surface area contributed by atoms with Crippen LogP contribution in [0.4, 0.5) is 5.69 Å². The molecule has 0 aliphatic rings. The Morgan fingerprint density at radius 1 is 1.61 bits per heavy atom. The quantitative estimate of drug-likeness (QED) is 0.631. The summed E-state index contributed by atoms with van der Waals surface area (Å²) in [6.07, 6.45) is 1.98. The molecule has 5 heteroatoms. The van der Waals surface area contributed by atoms with Gasteiger partial charge in [-0.3, -0.25) is 4.79 Å². The van der Waals surface area contributed by atoms with E-state index in [2.05, 4.69) is 6.07 Å². The van der Waals surface area contributed by atoms with Crippen LogP contribution in [0.1, 0.15) is 6.92 Å². The van der Waals surface area contributed by atoms with Crippen LogP contribution in [0.25, 0.3) is 0 Å². The van der Waals surface area contributed by atoms with E-state index in [1.165, 1.54) is 0 Å². The monoisotopic (exact) mass is 264 g/mol. The summed E-state index contributed by atoms with van der Waals surface area (Å²) in [6.45, 7) is 2.17. The molecule has 0 fully saturated rings. The molecule has 0 aromatic heterocycles. The summed E-state index contributed by atoms with van der Waals surface area (Å²) in [5, 5.41) is 17.8. The van der Waals surface area contributed by atoms with Crippen molar-refractivity contribution in [3.8, 4) is 6.07 Å². The van der Waals surface area contributed by atoms with Gasteiger partial charge in [-0.05, 0) is 24.5 Å². The Balaban J connectivity index is 2.90. The van der Waals surface area contributed by atoms with Crippen molar-refractivity contribution in [1.82, 2.24) is 0 Å². The first kappa shape index (κ1) is 14.4. The van der Waals surface area contributed by atoms with Gasteiger partial charge in [0.25, 0.3) is 0 Å². The number of anilines is 1. The fraction of sp³-hybridized carbons (Fsp3) is 0.385. The van der Waals surface area contributed by atoms with Gasteiger partial charge in [-0.2, -0.15) is 5.26 Å². The van der Waals surface area contributed by atoms with Gasteiger partial charge in [-0.25, -0.2) is 0 Å². The van der Waals surface area contributed by atoms with Crippen LogP contribution in [-0.2, 0) is 4.79 Å². The molecule has 1 N–H and O–H groups in total. The van der Waals surface area contributed by atoms with Crippen LogP contribution in [0.2, 0.25) is 0 Å². The zero-order valence-electron chi connectivity index (χ0n) is 10.5. The largest absolute Gasteiger partial charge is 0.481 e. The normalized spacial score (nSPS) is 11.6. The van der Waals surface area contributed by atoms with Crippen LogP contribution in [0.5, 0.6) is 0 Å². The van der Waals surface area contributed by atoms with E-state index in [-0.39, 0.29) is 6.54 Å². The fourth-order valence-electron chi connectivity index (χ4n) is 1.56. The highest BCUT2D eigenvalue weighted by Crippen LogP contribution is 2.22. The van der Waals surface area contributed by atoms with E-state index < -0.39 is 11.9 Å². The van der Waals surface area contributed by atoms with Crippen LogP contribution in [0, 0.1) is 17.2 Å². The summed E-state index contributed by atoms with van der Waals surface area (Å²) in [6, 6.07) is 9.84. The highest BCUT2D eigenvalue weighted by Gasteiger charge is 2.16. The molecule has 1 aromatic rings. The standard InChI is InChI=1S/C13H16N2O2S/c1-10(13(16)17)9-15(7-6-14)11-4-3-5-12(8-11)18-2/h3-5,8,10H,7,9H2,1-2H3,(H,16,17). The maximum absolute atomic E-state index is 10.9. The maximum Gasteiger partial charge on any atom is 0.308 e. The highest BCUT2D eigenvalue weighted by molar-refractivity contribution is 7.98. The topological polar surface area (TPSA) is 64.3 Å². The molecule has 0 aliphatic heterocycles. The molecule has 0 bridgehead atoms. The van der Waals surface area contributed by atoms with E-state index in [0.717, 1.165) is 10.6 Å². The number of nitriles is 1. The molecule has 0 saturated heterocycles. The van der Waals surface area contributed by atoms with Gasteiger partial charge in [0.05, 0.1) is 12.0 Å². The zero-order valence-corrected chi connectivity index (χ0v) is 11.3. The third-order valence-electron chi connectivity index (χ3n) is 2.60. The van der Waals surface area contributed by atoms with Gasteiger partial charge in [0.15, 0.2) is 0 Å². The lowest BCUT2D eigenvalue weighted by atomic mass is 10.1. The summed E-state index contributed by atoms with van der Waals surface area (Å²) in [4.78, 5) is 13.8. The predicted octanol–water partition coefficient (Wildman–Crippen LogP) is 2.46. The number of benzene rings is 1. The minimum absolute atomic E-state index is 0.190. The van der Waals surface area contributed by atoms with E-state index in [4.69, 9.17) is 10.4 Å². The number of carbonyl (C=O) groups is 1. The number of thioether (sulfide) groups is 1. The van der Waals surface area contributed by atoms with E-state index >= 15 is 0 Å². The lowest BCUT2D eigenvalue weighted by Crippen LogP contribution is -2.32. The minimum Gasteiger partial charge on any atom is -0.481 e. The third-order valence-corrected chi connectivity index (χ3v) is 3.32. The molecule has 1 atom stereocenters. The number of hydrogen-bond acceptors (Lipinski definition) is 4. The molecule has 96 valence electrons. The fourth-order valence-corrected chi connectivity index (χ4v) is 2.02. The van der Waals surface area contributed by atoms with Gasteiger partial charge in [-0.15, -0.1) is 11.8 Å². The molecule has 0 heterocycles. The number of carboxylic acid groups (broad SMARTS) is 1. The number of carboxylic acids is 1. The van der Waals surface area contributed by atoms with Crippen LogP contribution in [0.3, 0.4) is 0 Å². The van der Waals surface area contributed by atoms with Gasteiger partial charge in [0.1, 0.15) is 6.54 Å². The second-order valence-electron chi connectivity index (χ2n) is 3.98. The Bertz CT molecular complexity index is 457. The molecular weight excluding hydrogens is 248 g/mol. The zero-order chi connectivity index (χ0) is 13.5. The lowest BCUT2D eigenvalue weighted by molar-refractivity contribution is -0.140. The van der Waals surface area contributed by atoms with E-state index in [1.54, 1.807) is 23.6 Å². The Morgan fingerprint density at radius 2 is 2.33 bits per heavy atom. The first-order valence-corrected chi connectivity index (χ1v) is 6.79. The molecule has 1 unspecified atom stereocenters. The molecule has 0 saturated carbocycles. The summed E-state index contributed by atoms with van der Waals surface area (Å²) in [7, 11) is 0. The third kappa shape index (κ3) is 3.97. The van der Waals surface area contributed by atoms with E-state index in [9.17, 15) is 4.79 Å². The first-order valence-electron chi connectivity index (χ1n) is 5.57. The smallest absolute Gasteiger partial charge is 0.308 e. The molecule has 1 aromatic carbocycles. The molecule has 0 amide bonds. The summed E-state index contributed by atoms with van der Waals surface area (Å²) >= 11 is 1.62. The summed E-state index contributed by atoms with van der Waals surface area (Å²) in [5.74, 6) is -1.35. The van der Waals surface area contributed by atoms with Crippen molar-refractivity contribution in [2.24, 2.45) is 5.92 Å². The van der Waals surface area contributed by atoms with Crippen molar-refractivity contribution in [3.63, 3.8) is 0 Å². The molecule has 18 heavy (non-hydrogen) atoms. The molecule has 0 aliphatic carbocycles. The van der Waals surface area contributed by atoms with Crippen molar-refractivity contribution in [2.45, 2.75) is 11.8 Å². The van der Waals surface area contributed by atoms with Crippen molar-refractivity contribution in [3.05, 3.63) is 24.3 Å². The minimum atomic E-state index is -0.848. The van der Waals surface area contributed by atoms with Crippen LogP contribution in [-0.4, -0.2) is 30.4 Å². The van der Waals surface area contributed by atoms with Crippen LogP contribution in [0.15, 0.2) is 29.2 Å². The van der Waals surface area contributed by atoms with Gasteiger partial charge in [-0.1, -0.05) is 13.0 Å². The molecule has 0 radical (unpaired) electrons.